The fourth-order valence-corrected chi connectivity index (χ4v) is 0. The van der Waals surface area contributed by atoms with E-state index in [9.17, 15) is 0 Å². The van der Waals surface area contributed by atoms with E-state index in [2.05, 4.69) is 0 Å². The molecule has 0 aliphatic rings. The Kier molecular flexibility index (Phi) is 25.6. The summed E-state index contributed by atoms with van der Waals surface area (Å²) in [6.45, 7) is 0. The van der Waals surface area contributed by atoms with Crippen LogP contribution in [-0.2, 0) is 4.57 Å². The summed E-state index contributed by atoms with van der Waals surface area (Å²) in [6, 6.07) is 0. The van der Waals surface area contributed by atoms with Crippen molar-refractivity contribution < 1.29 is 78.4 Å². The Morgan fingerprint density at radius 1 is 1.00 bits per heavy atom. The van der Waals surface area contributed by atoms with Gasteiger partial charge in [-0.3, -0.25) is 0 Å². The molecule has 0 aromatic heterocycles. The molecule has 40 valence electrons. The van der Waals surface area contributed by atoms with Crippen LogP contribution >= 0.6 is 7.82 Å². The average molecular weight is 159 g/mol. The number of hydrogen-bond donors (Lipinski definition) is 3. The zero-order valence-electron chi connectivity index (χ0n) is 5.20. The third-order valence-corrected chi connectivity index (χ3v) is 0. The van der Waals surface area contributed by atoms with Gasteiger partial charge in [-0.05, 0) is 0 Å². The number of rotatable bonds is 0. The first-order valence-electron chi connectivity index (χ1n) is 0.783. The van der Waals surface area contributed by atoms with Crippen LogP contribution in [0.1, 0.15) is 0 Å². The van der Waals surface area contributed by atoms with Crippen LogP contribution in [-0.4, -0.2) is 14.7 Å². The molecule has 0 bridgehead atoms. The fraction of sp³-hybridized carbons (Fsp3) is 0. The van der Waals surface area contributed by atoms with Crippen molar-refractivity contribution in [3.05, 3.63) is 7.43 Å². The summed E-state index contributed by atoms with van der Waals surface area (Å²) < 4.78 is 8.88. The molecule has 0 heterocycles. The van der Waals surface area contributed by atoms with E-state index in [1.807, 2.05) is 0 Å². The Balaban J connectivity index is -0.0000000267. The Morgan fingerprint density at radius 2 is 1.00 bits per heavy atom. The SMILES string of the molecule is O=P(O)(O)O.[CH3-].[Na+].[Na+]. The van der Waals surface area contributed by atoms with Crippen LogP contribution in [0.4, 0.5) is 0 Å². The van der Waals surface area contributed by atoms with Crippen LogP contribution in [0.25, 0.3) is 0 Å². The van der Waals surface area contributed by atoms with Crippen LogP contribution < -0.4 is 59.1 Å². The first kappa shape index (κ1) is 22.5. The Morgan fingerprint density at radius 3 is 1.00 bits per heavy atom. The van der Waals surface area contributed by atoms with Crippen LogP contribution in [0.2, 0.25) is 0 Å². The minimum absolute atomic E-state index is 0. The largest absolute Gasteiger partial charge is 1.00 e. The summed E-state index contributed by atoms with van der Waals surface area (Å²) in [5.41, 5.74) is 0. The molecule has 0 atom stereocenters. The fourth-order valence-electron chi connectivity index (χ4n) is 0. The predicted molar refractivity (Wildman–Crippen MR) is 20.7 cm³/mol. The minimum atomic E-state index is -4.64. The Labute approximate surface area is 92.5 Å². The van der Waals surface area contributed by atoms with Crippen molar-refractivity contribution >= 4 is 7.82 Å². The number of hydrogen-bond acceptors (Lipinski definition) is 1. The molecular formula is CH6Na2O4P+. The van der Waals surface area contributed by atoms with Crippen molar-refractivity contribution in [2.75, 3.05) is 0 Å². The monoisotopic (exact) mass is 159 g/mol. The maximum Gasteiger partial charge on any atom is 1.00 e. The smallest absolute Gasteiger partial charge is 0.358 e. The molecule has 0 spiro atoms. The molecule has 0 rings (SSSR count). The van der Waals surface area contributed by atoms with E-state index in [1.165, 1.54) is 0 Å². The summed E-state index contributed by atoms with van der Waals surface area (Å²) in [6.07, 6.45) is 0. The molecule has 4 nitrogen and oxygen atoms in total. The van der Waals surface area contributed by atoms with E-state index < -0.39 is 7.82 Å². The first-order valence-corrected chi connectivity index (χ1v) is 2.35. The molecule has 8 heavy (non-hydrogen) atoms. The van der Waals surface area contributed by atoms with E-state index in [0.717, 1.165) is 0 Å². The van der Waals surface area contributed by atoms with Gasteiger partial charge < -0.3 is 22.1 Å². The maximum absolute atomic E-state index is 8.88. The van der Waals surface area contributed by atoms with Gasteiger partial charge in [0.15, 0.2) is 0 Å². The van der Waals surface area contributed by atoms with Crippen molar-refractivity contribution in [2.45, 2.75) is 0 Å². The van der Waals surface area contributed by atoms with Gasteiger partial charge in [-0.2, -0.15) is 0 Å². The van der Waals surface area contributed by atoms with Gasteiger partial charge in [-0.1, -0.05) is 0 Å². The molecule has 0 saturated heterocycles. The summed E-state index contributed by atoms with van der Waals surface area (Å²) >= 11 is 0. The number of phosphoric acid groups is 1. The third-order valence-electron chi connectivity index (χ3n) is 0. The molecule has 0 aromatic carbocycles. The van der Waals surface area contributed by atoms with Crippen molar-refractivity contribution in [1.82, 2.24) is 0 Å². The third kappa shape index (κ3) is 92.1. The first-order chi connectivity index (χ1) is 2.00. The Hall–Kier alpha value is 2.11. The van der Waals surface area contributed by atoms with Crippen molar-refractivity contribution in [1.29, 1.82) is 0 Å². The molecule has 0 amide bonds. The molecular weight excluding hydrogens is 153 g/mol. The van der Waals surface area contributed by atoms with Crippen LogP contribution in [0.15, 0.2) is 0 Å². The normalized spacial score (nSPS) is 7.38. The molecule has 0 fully saturated rings. The molecule has 3 N–H and O–H groups in total. The van der Waals surface area contributed by atoms with Crippen molar-refractivity contribution in [2.24, 2.45) is 0 Å². The Bertz CT molecular complexity index is 60.2. The van der Waals surface area contributed by atoms with E-state index in [1.54, 1.807) is 0 Å². The van der Waals surface area contributed by atoms with Gasteiger partial charge in [-0.15, -0.1) is 0 Å². The molecule has 0 saturated carbocycles. The van der Waals surface area contributed by atoms with Gasteiger partial charge in [0.05, 0.1) is 0 Å². The van der Waals surface area contributed by atoms with Gasteiger partial charge in [-0.25, -0.2) is 4.57 Å². The molecule has 7 heteroatoms. The second-order valence-corrected chi connectivity index (χ2v) is 1.54. The molecule has 0 unspecified atom stereocenters. The molecule has 0 aliphatic heterocycles. The maximum atomic E-state index is 8.88. The summed E-state index contributed by atoms with van der Waals surface area (Å²) in [5.74, 6) is 0. The van der Waals surface area contributed by atoms with E-state index in [-0.39, 0.29) is 66.5 Å². The minimum Gasteiger partial charge on any atom is -0.358 e. The molecule has 0 radical (unpaired) electrons. The van der Waals surface area contributed by atoms with Gasteiger partial charge in [0.1, 0.15) is 0 Å². The predicted octanol–water partition coefficient (Wildman–Crippen LogP) is -6.47. The summed E-state index contributed by atoms with van der Waals surface area (Å²) in [4.78, 5) is 21.6. The van der Waals surface area contributed by atoms with Crippen molar-refractivity contribution in [3.63, 3.8) is 0 Å². The average Bonchev–Trinajstić information content (AvgIpc) is 0.722. The second-order valence-electron chi connectivity index (χ2n) is 0.513. The van der Waals surface area contributed by atoms with Gasteiger partial charge in [0.25, 0.3) is 0 Å². The van der Waals surface area contributed by atoms with Crippen LogP contribution in [0.5, 0.6) is 0 Å². The zero-order valence-corrected chi connectivity index (χ0v) is 10.1. The molecule has 0 aromatic rings. The quantitative estimate of drug-likeness (QED) is 0.186. The molecule has 0 aliphatic carbocycles. The topological polar surface area (TPSA) is 77.8 Å². The van der Waals surface area contributed by atoms with Crippen LogP contribution in [0.3, 0.4) is 0 Å². The van der Waals surface area contributed by atoms with E-state index in [4.69, 9.17) is 19.2 Å². The summed E-state index contributed by atoms with van der Waals surface area (Å²) in [5, 5.41) is 0. The van der Waals surface area contributed by atoms with E-state index >= 15 is 0 Å². The van der Waals surface area contributed by atoms with Gasteiger partial charge in [0.2, 0.25) is 0 Å². The standard InChI is InChI=1S/CH3.2Na.H3O4P/c;;;1-5(2,3)4/h1H3;;;(H3,1,2,3,4)/q-1;2*+1;. The van der Waals surface area contributed by atoms with Gasteiger partial charge in [0, 0.05) is 0 Å². The zero-order chi connectivity index (χ0) is 4.50. The van der Waals surface area contributed by atoms with Crippen LogP contribution in [0, 0.1) is 7.43 Å². The van der Waals surface area contributed by atoms with Crippen molar-refractivity contribution in [3.8, 4) is 0 Å². The second kappa shape index (κ2) is 9.11. The summed E-state index contributed by atoms with van der Waals surface area (Å²) in [7, 11) is -4.64. The van der Waals surface area contributed by atoms with Gasteiger partial charge >= 0.3 is 66.9 Å². The van der Waals surface area contributed by atoms with E-state index in [0.29, 0.717) is 0 Å².